The van der Waals surface area contributed by atoms with Crippen molar-refractivity contribution in [3.63, 3.8) is 0 Å². The van der Waals surface area contributed by atoms with Gasteiger partial charge in [0.1, 0.15) is 0 Å². The highest BCUT2D eigenvalue weighted by Crippen LogP contribution is 2.25. The van der Waals surface area contributed by atoms with E-state index in [4.69, 9.17) is 0 Å². The molecule has 2 unspecified atom stereocenters. The van der Waals surface area contributed by atoms with Crippen molar-refractivity contribution in [3.05, 3.63) is 66.0 Å². The van der Waals surface area contributed by atoms with E-state index in [1.165, 1.54) is 11.1 Å². The molecule has 1 aliphatic heterocycles. The lowest BCUT2D eigenvalue weighted by atomic mass is 9.98. The van der Waals surface area contributed by atoms with Gasteiger partial charge in [0.2, 0.25) is 0 Å². The average molecular weight is 281 g/mol. The average Bonchev–Trinajstić information content (AvgIpc) is 2.57. The molecule has 0 spiro atoms. The third kappa shape index (κ3) is 3.49. The van der Waals surface area contributed by atoms with Gasteiger partial charge in [-0.05, 0) is 23.1 Å². The van der Waals surface area contributed by atoms with Crippen molar-refractivity contribution >= 4 is 0 Å². The number of pyridine rings is 1. The van der Waals surface area contributed by atoms with Crippen LogP contribution in [0.15, 0.2) is 54.9 Å². The van der Waals surface area contributed by atoms with Crippen LogP contribution < -0.4 is 5.32 Å². The minimum atomic E-state index is 0.429. The summed E-state index contributed by atoms with van der Waals surface area (Å²) < 4.78 is 0. The van der Waals surface area contributed by atoms with E-state index >= 15 is 0 Å². The van der Waals surface area contributed by atoms with Gasteiger partial charge in [-0.2, -0.15) is 0 Å². The lowest BCUT2D eigenvalue weighted by Gasteiger charge is -2.38. The maximum atomic E-state index is 4.28. The summed E-state index contributed by atoms with van der Waals surface area (Å²) in [5.41, 5.74) is 2.73. The Labute approximate surface area is 127 Å². The Morgan fingerprint density at radius 1 is 1.24 bits per heavy atom. The summed E-state index contributed by atoms with van der Waals surface area (Å²) in [6, 6.07) is 15.4. The molecular weight excluding hydrogens is 258 g/mol. The van der Waals surface area contributed by atoms with E-state index in [1.54, 1.807) is 0 Å². The van der Waals surface area contributed by atoms with E-state index in [-0.39, 0.29) is 0 Å². The predicted octanol–water partition coefficient (Wildman–Crippen LogP) is 2.83. The molecule has 3 rings (SSSR count). The minimum absolute atomic E-state index is 0.429. The standard InChI is InChI=1S/C18H23N3/c1-15(16-6-3-2-4-7-16)14-21-11-10-20-13-18(21)17-8-5-9-19-12-17/h2-9,12,15,18,20H,10-11,13-14H2,1H3. The van der Waals surface area contributed by atoms with Gasteiger partial charge in [0.25, 0.3) is 0 Å². The Bertz CT molecular complexity index is 541. The van der Waals surface area contributed by atoms with Crippen LogP contribution in [0.4, 0.5) is 0 Å². The van der Waals surface area contributed by atoms with Crippen molar-refractivity contribution in [1.82, 2.24) is 15.2 Å². The van der Waals surface area contributed by atoms with E-state index in [2.05, 4.69) is 58.5 Å². The van der Waals surface area contributed by atoms with Crippen LogP contribution in [0.2, 0.25) is 0 Å². The smallest absolute Gasteiger partial charge is 0.0488 e. The Kier molecular flexibility index (Phi) is 4.63. The van der Waals surface area contributed by atoms with Crippen molar-refractivity contribution < 1.29 is 0 Å². The molecule has 1 aromatic carbocycles. The van der Waals surface area contributed by atoms with Crippen molar-refractivity contribution in [2.75, 3.05) is 26.2 Å². The zero-order valence-corrected chi connectivity index (χ0v) is 12.6. The van der Waals surface area contributed by atoms with Crippen LogP contribution in [0.3, 0.4) is 0 Å². The second-order valence-electron chi connectivity index (χ2n) is 5.81. The predicted molar refractivity (Wildman–Crippen MR) is 86.3 cm³/mol. The first kappa shape index (κ1) is 14.2. The van der Waals surface area contributed by atoms with Crippen LogP contribution >= 0.6 is 0 Å². The number of piperazine rings is 1. The Balaban J connectivity index is 1.73. The maximum Gasteiger partial charge on any atom is 0.0488 e. The van der Waals surface area contributed by atoms with Gasteiger partial charge in [-0.15, -0.1) is 0 Å². The first-order chi connectivity index (χ1) is 10.3. The lowest BCUT2D eigenvalue weighted by molar-refractivity contribution is 0.154. The van der Waals surface area contributed by atoms with Crippen LogP contribution in [-0.4, -0.2) is 36.1 Å². The monoisotopic (exact) mass is 281 g/mol. The van der Waals surface area contributed by atoms with Gasteiger partial charge in [0, 0.05) is 44.6 Å². The van der Waals surface area contributed by atoms with Crippen molar-refractivity contribution in [1.29, 1.82) is 0 Å². The van der Waals surface area contributed by atoms with Gasteiger partial charge in [0.15, 0.2) is 0 Å². The SMILES string of the molecule is CC(CN1CCNCC1c1cccnc1)c1ccccc1. The molecule has 2 aromatic rings. The number of nitrogens with one attached hydrogen (secondary N) is 1. The number of benzene rings is 1. The van der Waals surface area contributed by atoms with E-state index in [0.717, 1.165) is 26.2 Å². The van der Waals surface area contributed by atoms with Crippen molar-refractivity contribution in [2.45, 2.75) is 18.9 Å². The molecule has 1 saturated heterocycles. The molecule has 1 fully saturated rings. The molecule has 0 saturated carbocycles. The molecule has 1 aromatic heterocycles. The minimum Gasteiger partial charge on any atom is -0.314 e. The second kappa shape index (κ2) is 6.83. The normalized spacial score (nSPS) is 21.1. The largest absolute Gasteiger partial charge is 0.314 e. The maximum absolute atomic E-state index is 4.28. The van der Waals surface area contributed by atoms with Gasteiger partial charge >= 0.3 is 0 Å². The molecule has 1 aliphatic rings. The molecule has 1 N–H and O–H groups in total. The van der Waals surface area contributed by atoms with Gasteiger partial charge in [-0.25, -0.2) is 0 Å². The zero-order chi connectivity index (χ0) is 14.5. The van der Waals surface area contributed by atoms with Crippen LogP contribution in [0.5, 0.6) is 0 Å². The van der Waals surface area contributed by atoms with Gasteiger partial charge in [0.05, 0.1) is 0 Å². The third-order valence-electron chi connectivity index (χ3n) is 4.30. The van der Waals surface area contributed by atoms with Crippen LogP contribution in [-0.2, 0) is 0 Å². The summed E-state index contributed by atoms with van der Waals surface area (Å²) in [6.07, 6.45) is 3.84. The number of hydrogen-bond acceptors (Lipinski definition) is 3. The summed E-state index contributed by atoms with van der Waals surface area (Å²) >= 11 is 0. The molecule has 21 heavy (non-hydrogen) atoms. The molecule has 110 valence electrons. The third-order valence-corrected chi connectivity index (χ3v) is 4.30. The van der Waals surface area contributed by atoms with Gasteiger partial charge in [-0.3, -0.25) is 9.88 Å². The summed E-state index contributed by atoms with van der Waals surface area (Å²) in [6.45, 7) is 6.57. The molecule has 3 heteroatoms. The highest BCUT2D eigenvalue weighted by molar-refractivity contribution is 5.20. The van der Waals surface area contributed by atoms with Crippen molar-refractivity contribution in [3.8, 4) is 0 Å². The van der Waals surface area contributed by atoms with Crippen molar-refractivity contribution in [2.24, 2.45) is 0 Å². The second-order valence-corrected chi connectivity index (χ2v) is 5.81. The van der Waals surface area contributed by atoms with E-state index in [9.17, 15) is 0 Å². The first-order valence-electron chi connectivity index (χ1n) is 7.74. The molecule has 0 aliphatic carbocycles. The fourth-order valence-electron chi connectivity index (χ4n) is 3.11. The fraction of sp³-hybridized carbons (Fsp3) is 0.389. The summed E-state index contributed by atoms with van der Waals surface area (Å²) in [5.74, 6) is 0.545. The quantitative estimate of drug-likeness (QED) is 0.934. The Hall–Kier alpha value is -1.71. The van der Waals surface area contributed by atoms with E-state index < -0.39 is 0 Å². The highest BCUT2D eigenvalue weighted by atomic mass is 15.2. The molecular formula is C18H23N3. The fourth-order valence-corrected chi connectivity index (χ4v) is 3.11. The highest BCUT2D eigenvalue weighted by Gasteiger charge is 2.25. The van der Waals surface area contributed by atoms with E-state index in [1.807, 2.05) is 18.5 Å². The first-order valence-corrected chi connectivity index (χ1v) is 7.74. The summed E-state index contributed by atoms with van der Waals surface area (Å²) in [5, 5.41) is 3.51. The number of rotatable bonds is 4. The number of hydrogen-bond donors (Lipinski definition) is 1. The summed E-state index contributed by atoms with van der Waals surface area (Å²) in [7, 11) is 0. The molecule has 3 nitrogen and oxygen atoms in total. The molecule has 0 amide bonds. The molecule has 2 atom stereocenters. The van der Waals surface area contributed by atoms with Crippen LogP contribution in [0.1, 0.15) is 30.0 Å². The van der Waals surface area contributed by atoms with Gasteiger partial charge in [-0.1, -0.05) is 43.3 Å². The Morgan fingerprint density at radius 2 is 2.10 bits per heavy atom. The van der Waals surface area contributed by atoms with Crippen LogP contribution in [0, 0.1) is 0 Å². The number of nitrogens with zero attached hydrogens (tertiary/aromatic N) is 2. The van der Waals surface area contributed by atoms with Gasteiger partial charge < -0.3 is 5.32 Å². The zero-order valence-electron chi connectivity index (χ0n) is 12.6. The summed E-state index contributed by atoms with van der Waals surface area (Å²) in [4.78, 5) is 6.87. The molecule has 0 radical (unpaired) electrons. The van der Waals surface area contributed by atoms with Crippen LogP contribution in [0.25, 0.3) is 0 Å². The lowest BCUT2D eigenvalue weighted by Crippen LogP contribution is -2.47. The topological polar surface area (TPSA) is 28.2 Å². The van der Waals surface area contributed by atoms with E-state index in [0.29, 0.717) is 12.0 Å². The molecule has 2 heterocycles. The number of aromatic nitrogens is 1. The Morgan fingerprint density at radius 3 is 2.86 bits per heavy atom. The molecule has 0 bridgehead atoms.